The van der Waals surface area contributed by atoms with Crippen molar-refractivity contribution in [3.05, 3.63) is 65.9 Å². The maximum absolute atomic E-state index is 5.26. The van der Waals surface area contributed by atoms with E-state index in [-0.39, 0.29) is 0 Å². The Kier molecular flexibility index (Phi) is 5.14. The normalized spacial score (nSPS) is 10.4. The number of ether oxygens (including phenoxy) is 1. The molecule has 2 aromatic carbocycles. The smallest absolute Gasteiger partial charge is 0.229 e. The molecule has 0 saturated heterocycles. The largest absolute Gasteiger partial charge is 0.497 e. The van der Waals surface area contributed by atoms with Crippen LogP contribution >= 0.6 is 0 Å². The SMILES string of the molecule is CCc1ccccc1Nc1nc(C)cc(Nc2cccc(OC)c2)n1. The molecule has 5 nitrogen and oxygen atoms in total. The molecule has 0 bridgehead atoms. The van der Waals surface area contributed by atoms with Gasteiger partial charge in [-0.1, -0.05) is 31.2 Å². The van der Waals surface area contributed by atoms with E-state index in [2.05, 4.69) is 33.6 Å². The van der Waals surface area contributed by atoms with Gasteiger partial charge in [0.15, 0.2) is 0 Å². The number of anilines is 4. The zero-order valence-corrected chi connectivity index (χ0v) is 14.7. The summed E-state index contributed by atoms with van der Waals surface area (Å²) in [5.41, 5.74) is 4.06. The first-order chi connectivity index (χ1) is 12.2. The molecule has 3 aromatic rings. The van der Waals surface area contributed by atoms with Gasteiger partial charge in [0.1, 0.15) is 11.6 Å². The Bertz CT molecular complexity index is 864. The minimum Gasteiger partial charge on any atom is -0.497 e. The van der Waals surface area contributed by atoms with Gasteiger partial charge in [0.2, 0.25) is 5.95 Å². The van der Waals surface area contributed by atoms with Gasteiger partial charge in [0, 0.05) is 29.2 Å². The number of nitrogens with zero attached hydrogens (tertiary/aromatic N) is 2. The van der Waals surface area contributed by atoms with Crippen LogP contribution in [0.4, 0.5) is 23.1 Å². The Labute approximate surface area is 148 Å². The lowest BCUT2D eigenvalue weighted by Gasteiger charge is -2.12. The molecule has 0 fully saturated rings. The van der Waals surface area contributed by atoms with E-state index in [0.717, 1.165) is 35.1 Å². The Morgan fingerprint density at radius 3 is 2.60 bits per heavy atom. The first-order valence-electron chi connectivity index (χ1n) is 8.29. The first-order valence-corrected chi connectivity index (χ1v) is 8.29. The third-order valence-corrected chi connectivity index (χ3v) is 3.84. The van der Waals surface area contributed by atoms with Gasteiger partial charge in [0.25, 0.3) is 0 Å². The lowest BCUT2D eigenvalue weighted by Crippen LogP contribution is -2.03. The zero-order valence-electron chi connectivity index (χ0n) is 14.7. The summed E-state index contributed by atoms with van der Waals surface area (Å²) in [7, 11) is 1.65. The van der Waals surface area contributed by atoms with E-state index < -0.39 is 0 Å². The third-order valence-electron chi connectivity index (χ3n) is 3.84. The van der Waals surface area contributed by atoms with Crippen molar-refractivity contribution in [3.63, 3.8) is 0 Å². The van der Waals surface area contributed by atoms with Crippen molar-refractivity contribution < 1.29 is 4.74 Å². The molecule has 128 valence electrons. The van der Waals surface area contributed by atoms with Crippen molar-refractivity contribution in [3.8, 4) is 5.75 Å². The summed E-state index contributed by atoms with van der Waals surface area (Å²) in [5.74, 6) is 2.11. The van der Waals surface area contributed by atoms with Crippen LogP contribution in [0.3, 0.4) is 0 Å². The number of rotatable bonds is 6. The summed E-state index contributed by atoms with van der Waals surface area (Å²) >= 11 is 0. The Hall–Kier alpha value is -3.08. The molecule has 0 spiro atoms. The number of methoxy groups -OCH3 is 1. The lowest BCUT2D eigenvalue weighted by molar-refractivity contribution is 0.415. The summed E-state index contributed by atoms with van der Waals surface area (Å²) in [6, 6.07) is 17.8. The quantitative estimate of drug-likeness (QED) is 0.675. The van der Waals surface area contributed by atoms with Crippen LogP contribution in [0.15, 0.2) is 54.6 Å². The van der Waals surface area contributed by atoms with E-state index in [4.69, 9.17) is 4.74 Å². The molecule has 0 amide bonds. The molecule has 1 aromatic heterocycles. The highest BCUT2D eigenvalue weighted by molar-refractivity contribution is 5.63. The van der Waals surface area contributed by atoms with E-state index in [0.29, 0.717) is 5.95 Å². The highest BCUT2D eigenvalue weighted by atomic mass is 16.5. The molecule has 0 saturated carbocycles. The Balaban J connectivity index is 1.85. The number of nitrogens with one attached hydrogen (secondary N) is 2. The van der Waals surface area contributed by atoms with Gasteiger partial charge in [-0.05, 0) is 37.1 Å². The molecule has 1 heterocycles. The van der Waals surface area contributed by atoms with E-state index in [1.54, 1.807) is 7.11 Å². The minimum atomic E-state index is 0.575. The van der Waals surface area contributed by atoms with Gasteiger partial charge in [-0.2, -0.15) is 4.98 Å². The summed E-state index contributed by atoms with van der Waals surface area (Å²) in [6.07, 6.45) is 0.948. The second-order valence-electron chi connectivity index (χ2n) is 5.71. The predicted octanol–water partition coefficient (Wildman–Crippen LogP) is 4.84. The topological polar surface area (TPSA) is 59.1 Å². The predicted molar refractivity (Wildman–Crippen MR) is 102 cm³/mol. The lowest BCUT2D eigenvalue weighted by atomic mass is 10.1. The molecule has 5 heteroatoms. The van der Waals surface area contributed by atoms with Gasteiger partial charge in [-0.25, -0.2) is 4.98 Å². The molecular formula is C20H22N4O. The number of para-hydroxylation sites is 1. The van der Waals surface area contributed by atoms with Gasteiger partial charge < -0.3 is 15.4 Å². The highest BCUT2D eigenvalue weighted by Crippen LogP contribution is 2.23. The van der Waals surface area contributed by atoms with E-state index in [9.17, 15) is 0 Å². The molecule has 0 radical (unpaired) electrons. The molecule has 0 aliphatic rings. The van der Waals surface area contributed by atoms with Crippen molar-refractivity contribution in [1.82, 2.24) is 9.97 Å². The van der Waals surface area contributed by atoms with Gasteiger partial charge in [0.05, 0.1) is 7.11 Å². The number of hydrogen-bond donors (Lipinski definition) is 2. The van der Waals surface area contributed by atoms with Gasteiger partial charge in [-0.3, -0.25) is 0 Å². The van der Waals surface area contributed by atoms with E-state index in [1.807, 2.05) is 55.5 Å². The second kappa shape index (κ2) is 7.66. The van der Waals surface area contributed by atoms with Crippen LogP contribution in [0.5, 0.6) is 5.75 Å². The number of aromatic nitrogens is 2. The molecule has 25 heavy (non-hydrogen) atoms. The fourth-order valence-corrected chi connectivity index (χ4v) is 2.61. The van der Waals surface area contributed by atoms with Crippen molar-refractivity contribution in [2.24, 2.45) is 0 Å². The van der Waals surface area contributed by atoms with Crippen LogP contribution < -0.4 is 15.4 Å². The first kappa shape index (κ1) is 16.8. The third kappa shape index (κ3) is 4.26. The summed E-state index contributed by atoms with van der Waals surface area (Å²) in [4.78, 5) is 9.07. The van der Waals surface area contributed by atoms with Crippen molar-refractivity contribution in [2.75, 3.05) is 17.7 Å². The Morgan fingerprint density at radius 2 is 1.80 bits per heavy atom. The molecular weight excluding hydrogens is 312 g/mol. The zero-order chi connectivity index (χ0) is 17.6. The number of aryl methyl sites for hydroxylation is 2. The van der Waals surface area contributed by atoms with Crippen LogP contribution in [0.2, 0.25) is 0 Å². The van der Waals surface area contributed by atoms with E-state index in [1.165, 1.54) is 5.56 Å². The van der Waals surface area contributed by atoms with Crippen LogP contribution in [-0.4, -0.2) is 17.1 Å². The van der Waals surface area contributed by atoms with Crippen molar-refractivity contribution in [1.29, 1.82) is 0 Å². The Morgan fingerprint density at radius 1 is 0.960 bits per heavy atom. The van der Waals surface area contributed by atoms with Crippen LogP contribution in [0, 0.1) is 6.92 Å². The average molecular weight is 334 g/mol. The van der Waals surface area contributed by atoms with Gasteiger partial charge in [-0.15, -0.1) is 0 Å². The fourth-order valence-electron chi connectivity index (χ4n) is 2.61. The summed E-state index contributed by atoms with van der Waals surface area (Å²) < 4.78 is 5.26. The molecule has 0 aliphatic heterocycles. The molecule has 0 unspecified atom stereocenters. The number of hydrogen-bond acceptors (Lipinski definition) is 5. The van der Waals surface area contributed by atoms with Crippen LogP contribution in [0.1, 0.15) is 18.2 Å². The molecule has 3 rings (SSSR count). The standard InChI is InChI=1S/C20H22N4O/c1-4-15-8-5-6-11-18(15)23-20-21-14(2)12-19(24-20)22-16-9-7-10-17(13-16)25-3/h5-13H,4H2,1-3H3,(H2,21,22,23,24). The average Bonchev–Trinajstić information content (AvgIpc) is 2.62. The maximum atomic E-state index is 5.26. The highest BCUT2D eigenvalue weighted by Gasteiger charge is 2.06. The fraction of sp³-hybridized carbons (Fsp3) is 0.200. The van der Waals surface area contributed by atoms with Crippen LogP contribution in [-0.2, 0) is 6.42 Å². The van der Waals surface area contributed by atoms with Crippen LogP contribution in [0.25, 0.3) is 0 Å². The maximum Gasteiger partial charge on any atom is 0.229 e. The van der Waals surface area contributed by atoms with E-state index >= 15 is 0 Å². The second-order valence-corrected chi connectivity index (χ2v) is 5.71. The summed E-state index contributed by atoms with van der Waals surface area (Å²) in [5, 5.41) is 6.63. The monoisotopic (exact) mass is 334 g/mol. The summed E-state index contributed by atoms with van der Waals surface area (Å²) in [6.45, 7) is 4.09. The minimum absolute atomic E-state index is 0.575. The van der Waals surface area contributed by atoms with Crippen molar-refractivity contribution >= 4 is 23.1 Å². The molecule has 0 aliphatic carbocycles. The van der Waals surface area contributed by atoms with Gasteiger partial charge >= 0.3 is 0 Å². The van der Waals surface area contributed by atoms with Crippen molar-refractivity contribution in [2.45, 2.75) is 20.3 Å². The number of benzene rings is 2. The molecule has 0 atom stereocenters. The molecule has 2 N–H and O–H groups in total.